The molecule has 0 radical (unpaired) electrons. The second-order valence-corrected chi connectivity index (χ2v) is 5.81. The Morgan fingerprint density at radius 3 is 2.90 bits per heavy atom. The van der Waals surface area contributed by atoms with E-state index in [1.54, 1.807) is 18.2 Å². The lowest BCUT2D eigenvalue weighted by Gasteiger charge is -2.22. The van der Waals surface area contributed by atoms with Crippen molar-refractivity contribution in [3.63, 3.8) is 0 Å². The Kier molecular flexibility index (Phi) is 5.20. The van der Waals surface area contributed by atoms with Gasteiger partial charge in [-0.05, 0) is 50.1 Å². The first-order chi connectivity index (χ1) is 9.95. The fraction of sp³-hybridized carbons (Fsp3) is 0.467. The van der Waals surface area contributed by atoms with Crippen LogP contribution in [0, 0.1) is 6.92 Å². The molecule has 1 heterocycles. The molecular formula is C15H19ClN2O3. The number of carbonyl (C=O) groups excluding carboxylic acids is 1. The van der Waals surface area contributed by atoms with Crippen molar-refractivity contribution in [3.05, 3.63) is 28.8 Å². The molecule has 2 N–H and O–H groups in total. The van der Waals surface area contributed by atoms with Crippen LogP contribution in [0.3, 0.4) is 0 Å². The van der Waals surface area contributed by atoms with Crippen LogP contribution in [-0.2, 0) is 9.59 Å². The number of carbonyl (C=O) groups is 2. The Morgan fingerprint density at radius 1 is 1.48 bits per heavy atom. The van der Waals surface area contributed by atoms with Gasteiger partial charge in [0.1, 0.15) is 0 Å². The van der Waals surface area contributed by atoms with Gasteiger partial charge in [0.2, 0.25) is 5.91 Å². The van der Waals surface area contributed by atoms with Crippen LogP contribution in [0.2, 0.25) is 5.02 Å². The van der Waals surface area contributed by atoms with Crippen LogP contribution < -0.4 is 5.32 Å². The highest BCUT2D eigenvalue weighted by Crippen LogP contribution is 2.22. The number of benzene rings is 1. The summed E-state index contributed by atoms with van der Waals surface area (Å²) in [7, 11) is 0. The number of carboxylic acid groups (broad SMARTS) is 1. The third kappa shape index (κ3) is 4.44. The van der Waals surface area contributed by atoms with Crippen molar-refractivity contribution in [2.24, 2.45) is 0 Å². The molecule has 0 saturated carbocycles. The highest BCUT2D eigenvalue weighted by molar-refractivity contribution is 6.30. The van der Waals surface area contributed by atoms with Crippen LogP contribution in [-0.4, -0.2) is 41.0 Å². The number of aliphatic carboxylic acids is 1. The average molecular weight is 311 g/mol. The summed E-state index contributed by atoms with van der Waals surface area (Å²) in [5, 5.41) is 12.4. The van der Waals surface area contributed by atoms with Crippen molar-refractivity contribution in [2.45, 2.75) is 32.2 Å². The first-order valence-electron chi connectivity index (χ1n) is 6.97. The molecule has 5 nitrogen and oxygen atoms in total. The van der Waals surface area contributed by atoms with Crippen LogP contribution in [0.1, 0.15) is 24.8 Å². The van der Waals surface area contributed by atoms with Gasteiger partial charge in [-0.2, -0.15) is 0 Å². The molecule has 6 heteroatoms. The zero-order chi connectivity index (χ0) is 15.4. The van der Waals surface area contributed by atoms with Gasteiger partial charge in [0.25, 0.3) is 0 Å². The van der Waals surface area contributed by atoms with Gasteiger partial charge in [-0.3, -0.25) is 14.5 Å². The molecule has 1 atom stereocenters. The first kappa shape index (κ1) is 15.8. The Balaban J connectivity index is 1.93. The molecule has 0 aliphatic carbocycles. The normalized spacial score (nSPS) is 18.7. The fourth-order valence-electron chi connectivity index (χ4n) is 2.68. The van der Waals surface area contributed by atoms with E-state index >= 15 is 0 Å². The van der Waals surface area contributed by atoms with Gasteiger partial charge in [0, 0.05) is 16.8 Å². The maximum atomic E-state index is 12.1. The molecule has 1 saturated heterocycles. The molecule has 1 aliphatic heterocycles. The lowest BCUT2D eigenvalue weighted by molar-refractivity contribution is -0.138. The maximum Gasteiger partial charge on any atom is 0.304 e. The second kappa shape index (κ2) is 6.91. The summed E-state index contributed by atoms with van der Waals surface area (Å²) in [6.07, 6.45) is 1.86. The molecule has 1 aromatic rings. The molecule has 2 rings (SSSR count). The molecule has 114 valence electrons. The molecule has 21 heavy (non-hydrogen) atoms. The maximum absolute atomic E-state index is 12.1. The van der Waals surface area contributed by atoms with Gasteiger partial charge in [0.05, 0.1) is 13.0 Å². The minimum Gasteiger partial charge on any atom is -0.481 e. The summed E-state index contributed by atoms with van der Waals surface area (Å²) >= 11 is 5.88. The van der Waals surface area contributed by atoms with Crippen LogP contribution in [0.4, 0.5) is 5.69 Å². The van der Waals surface area contributed by atoms with E-state index in [9.17, 15) is 9.59 Å². The summed E-state index contributed by atoms with van der Waals surface area (Å²) in [4.78, 5) is 24.9. The number of rotatable bonds is 5. The van der Waals surface area contributed by atoms with Crippen molar-refractivity contribution < 1.29 is 14.7 Å². The van der Waals surface area contributed by atoms with E-state index in [2.05, 4.69) is 5.32 Å². The van der Waals surface area contributed by atoms with E-state index in [-0.39, 0.29) is 24.9 Å². The number of aryl methyl sites for hydroxylation is 1. The van der Waals surface area contributed by atoms with E-state index in [1.165, 1.54) is 0 Å². The molecular weight excluding hydrogens is 292 g/mol. The molecule has 1 aliphatic rings. The van der Waals surface area contributed by atoms with Crippen molar-refractivity contribution in [1.29, 1.82) is 0 Å². The van der Waals surface area contributed by atoms with Gasteiger partial charge in [-0.1, -0.05) is 11.6 Å². The zero-order valence-electron chi connectivity index (χ0n) is 11.9. The zero-order valence-corrected chi connectivity index (χ0v) is 12.7. The first-order valence-corrected chi connectivity index (χ1v) is 7.35. The Morgan fingerprint density at radius 2 is 2.24 bits per heavy atom. The highest BCUT2D eigenvalue weighted by atomic mass is 35.5. The Bertz CT molecular complexity index is 548. The van der Waals surface area contributed by atoms with Gasteiger partial charge in [-0.25, -0.2) is 0 Å². The second-order valence-electron chi connectivity index (χ2n) is 5.37. The number of hydrogen-bond donors (Lipinski definition) is 2. The lowest BCUT2D eigenvalue weighted by Crippen LogP contribution is -2.37. The minimum atomic E-state index is -0.819. The van der Waals surface area contributed by atoms with Gasteiger partial charge < -0.3 is 10.4 Å². The van der Waals surface area contributed by atoms with Crippen molar-refractivity contribution in [2.75, 3.05) is 18.4 Å². The topological polar surface area (TPSA) is 69.6 Å². The number of likely N-dealkylation sites (tertiary alicyclic amines) is 1. The fourth-order valence-corrected chi connectivity index (χ4v) is 2.90. The number of nitrogens with one attached hydrogen (secondary N) is 1. The largest absolute Gasteiger partial charge is 0.481 e. The summed E-state index contributed by atoms with van der Waals surface area (Å²) in [5.74, 6) is -0.946. The highest BCUT2D eigenvalue weighted by Gasteiger charge is 2.28. The average Bonchev–Trinajstić information content (AvgIpc) is 2.79. The van der Waals surface area contributed by atoms with E-state index in [1.807, 2.05) is 11.8 Å². The number of halogens is 1. The number of hydrogen-bond acceptors (Lipinski definition) is 3. The lowest BCUT2D eigenvalue weighted by atomic mass is 10.1. The Labute approximate surface area is 128 Å². The molecule has 1 amide bonds. The summed E-state index contributed by atoms with van der Waals surface area (Å²) in [6.45, 7) is 2.87. The van der Waals surface area contributed by atoms with E-state index < -0.39 is 5.97 Å². The van der Waals surface area contributed by atoms with E-state index in [4.69, 9.17) is 16.7 Å². The monoisotopic (exact) mass is 310 g/mol. The third-order valence-electron chi connectivity index (χ3n) is 3.72. The van der Waals surface area contributed by atoms with Crippen molar-refractivity contribution >= 4 is 29.2 Å². The quantitative estimate of drug-likeness (QED) is 0.877. The molecule has 1 fully saturated rings. The van der Waals surface area contributed by atoms with Crippen LogP contribution in [0.5, 0.6) is 0 Å². The van der Waals surface area contributed by atoms with Crippen molar-refractivity contribution in [3.8, 4) is 0 Å². The Hall–Kier alpha value is -1.59. The van der Waals surface area contributed by atoms with Crippen LogP contribution in [0.25, 0.3) is 0 Å². The van der Waals surface area contributed by atoms with Gasteiger partial charge in [0.15, 0.2) is 0 Å². The van der Waals surface area contributed by atoms with E-state index in [0.717, 1.165) is 30.6 Å². The standard InChI is InChI=1S/C15H19ClN2O3/c1-10-7-11(16)4-5-13(10)17-14(19)9-18-6-2-3-12(18)8-15(20)21/h4-5,7,12H,2-3,6,8-9H2,1H3,(H,17,19)(H,20,21). The molecule has 0 spiro atoms. The van der Waals surface area contributed by atoms with E-state index in [0.29, 0.717) is 5.02 Å². The predicted octanol–water partition coefficient (Wildman–Crippen LogP) is 2.53. The predicted molar refractivity (Wildman–Crippen MR) is 81.7 cm³/mol. The number of carboxylic acids is 1. The number of amides is 1. The number of anilines is 1. The third-order valence-corrected chi connectivity index (χ3v) is 3.95. The summed E-state index contributed by atoms with van der Waals surface area (Å²) < 4.78 is 0. The van der Waals surface area contributed by atoms with Gasteiger partial charge in [-0.15, -0.1) is 0 Å². The van der Waals surface area contributed by atoms with Gasteiger partial charge >= 0.3 is 5.97 Å². The smallest absolute Gasteiger partial charge is 0.304 e. The molecule has 0 aromatic heterocycles. The SMILES string of the molecule is Cc1cc(Cl)ccc1NC(=O)CN1CCCC1CC(=O)O. The number of nitrogens with zero attached hydrogens (tertiary/aromatic N) is 1. The summed E-state index contributed by atoms with van der Waals surface area (Å²) in [5.41, 5.74) is 1.64. The van der Waals surface area contributed by atoms with Crippen LogP contribution >= 0.6 is 11.6 Å². The molecule has 1 aromatic carbocycles. The molecule has 0 bridgehead atoms. The molecule has 1 unspecified atom stereocenters. The minimum absolute atomic E-state index is 0.0421. The summed E-state index contributed by atoms with van der Waals surface area (Å²) in [6, 6.07) is 5.25. The van der Waals surface area contributed by atoms with Crippen LogP contribution in [0.15, 0.2) is 18.2 Å². The van der Waals surface area contributed by atoms with Crippen molar-refractivity contribution in [1.82, 2.24) is 4.90 Å².